The smallest absolute Gasteiger partial charge is 0.414 e. The lowest BCUT2D eigenvalue weighted by molar-refractivity contribution is 0.135. The van der Waals surface area contributed by atoms with E-state index in [-0.39, 0.29) is 18.5 Å². The summed E-state index contributed by atoms with van der Waals surface area (Å²) < 4.78 is 47.4. The molecule has 0 aromatic heterocycles. The fourth-order valence-corrected chi connectivity index (χ4v) is 7.62. The van der Waals surface area contributed by atoms with Crippen LogP contribution in [0.4, 0.5) is 14.9 Å². The first-order chi connectivity index (χ1) is 15.1. The summed E-state index contributed by atoms with van der Waals surface area (Å²) in [6, 6.07) is 4.12. The van der Waals surface area contributed by atoms with Crippen LogP contribution in [0.15, 0.2) is 42.5 Å². The molecule has 1 saturated heterocycles. The largest absolute Gasteiger partial charge is 0.444 e. The first kappa shape index (κ1) is 23.0. The van der Waals surface area contributed by atoms with Gasteiger partial charge in [-0.05, 0) is 49.3 Å². The average Bonchev–Trinajstić information content (AvgIpc) is 2.79. The third-order valence-corrected chi connectivity index (χ3v) is 10.3. The van der Waals surface area contributed by atoms with Gasteiger partial charge in [0.25, 0.3) is 0 Å². The fraction of sp³-hybridized carbons (Fsp3) is 0.542. The number of piperidine rings is 1. The molecular formula is C24H31FN2O4S. The molecule has 6 nitrogen and oxygen atoms in total. The van der Waals surface area contributed by atoms with Gasteiger partial charge in [-0.3, -0.25) is 4.90 Å². The Bertz CT molecular complexity index is 1060. The number of allylic oxidation sites excluding steroid dienone is 3. The lowest BCUT2D eigenvalue weighted by Gasteiger charge is -2.48. The van der Waals surface area contributed by atoms with Gasteiger partial charge < -0.3 is 4.74 Å². The minimum absolute atomic E-state index is 0.0458. The number of ether oxygens (including phenoxy) is 1. The van der Waals surface area contributed by atoms with Crippen LogP contribution in [0.1, 0.15) is 52.0 Å². The van der Waals surface area contributed by atoms with Crippen molar-refractivity contribution < 1.29 is 22.3 Å². The Morgan fingerprint density at radius 1 is 1.22 bits per heavy atom. The number of halogens is 1. The number of carbonyl (C=O) groups is 1. The highest BCUT2D eigenvalue weighted by atomic mass is 32.2. The van der Waals surface area contributed by atoms with E-state index in [4.69, 9.17) is 4.74 Å². The van der Waals surface area contributed by atoms with Gasteiger partial charge in [0.1, 0.15) is 17.2 Å². The number of carbonyl (C=O) groups excluding carboxylic acids is 1. The van der Waals surface area contributed by atoms with Crippen LogP contribution >= 0.6 is 0 Å². The molecule has 0 saturated carbocycles. The molecule has 1 atom stereocenters. The molecule has 1 aromatic carbocycles. The van der Waals surface area contributed by atoms with Crippen molar-refractivity contribution in [2.24, 2.45) is 5.41 Å². The van der Waals surface area contributed by atoms with Crippen molar-refractivity contribution in [3.05, 3.63) is 53.9 Å². The van der Waals surface area contributed by atoms with Gasteiger partial charge in [-0.15, -0.1) is 0 Å². The monoisotopic (exact) mass is 462 g/mol. The van der Waals surface area contributed by atoms with Crippen molar-refractivity contribution in [1.82, 2.24) is 4.31 Å². The number of benzene rings is 1. The quantitative estimate of drug-likeness (QED) is 0.632. The molecule has 8 heteroatoms. The zero-order valence-electron chi connectivity index (χ0n) is 18.9. The van der Waals surface area contributed by atoms with Crippen LogP contribution < -0.4 is 4.90 Å². The van der Waals surface area contributed by atoms with Gasteiger partial charge >= 0.3 is 6.09 Å². The number of hydrogen-bond donors (Lipinski definition) is 0. The van der Waals surface area contributed by atoms with Crippen molar-refractivity contribution in [3.63, 3.8) is 0 Å². The minimum Gasteiger partial charge on any atom is -0.444 e. The molecular weight excluding hydrogens is 431 g/mol. The topological polar surface area (TPSA) is 66.9 Å². The maximum Gasteiger partial charge on any atom is 0.414 e. The fourth-order valence-electron chi connectivity index (χ4n) is 5.07. The van der Waals surface area contributed by atoms with Crippen molar-refractivity contribution in [2.45, 2.75) is 63.9 Å². The molecule has 1 aliphatic carbocycles. The van der Waals surface area contributed by atoms with Gasteiger partial charge in [-0.25, -0.2) is 21.9 Å². The van der Waals surface area contributed by atoms with Crippen molar-refractivity contribution in [2.75, 3.05) is 18.0 Å². The number of sulfonamides is 1. The third kappa shape index (κ3) is 3.57. The van der Waals surface area contributed by atoms with Crippen LogP contribution in [0.2, 0.25) is 0 Å². The van der Waals surface area contributed by atoms with Crippen LogP contribution in [-0.2, 0) is 21.4 Å². The Morgan fingerprint density at radius 2 is 1.94 bits per heavy atom. The molecule has 174 valence electrons. The molecule has 0 N–H and O–H groups in total. The summed E-state index contributed by atoms with van der Waals surface area (Å²) in [6.45, 7) is 6.75. The second-order valence-corrected chi connectivity index (χ2v) is 11.6. The summed E-state index contributed by atoms with van der Waals surface area (Å²) >= 11 is 0. The van der Waals surface area contributed by atoms with E-state index in [2.05, 4.69) is 0 Å². The number of cyclic esters (lactones) is 1. The van der Waals surface area contributed by atoms with E-state index >= 15 is 0 Å². The van der Waals surface area contributed by atoms with Crippen LogP contribution in [0.3, 0.4) is 0 Å². The zero-order chi connectivity index (χ0) is 23.1. The molecule has 0 radical (unpaired) electrons. The first-order valence-electron chi connectivity index (χ1n) is 11.2. The van der Waals surface area contributed by atoms with E-state index in [1.54, 1.807) is 15.3 Å². The normalized spacial score (nSPS) is 25.0. The van der Waals surface area contributed by atoms with Crippen LogP contribution in [0.5, 0.6) is 0 Å². The summed E-state index contributed by atoms with van der Waals surface area (Å²) in [5.41, 5.74) is 0.833. The van der Waals surface area contributed by atoms with Crippen LogP contribution in [-0.4, -0.2) is 42.7 Å². The third-order valence-electron chi connectivity index (χ3n) is 7.50. The molecule has 3 aliphatic rings. The molecule has 32 heavy (non-hydrogen) atoms. The summed E-state index contributed by atoms with van der Waals surface area (Å²) in [5, 5.41) is 0. The van der Waals surface area contributed by atoms with Crippen molar-refractivity contribution in [3.8, 4) is 0 Å². The number of amides is 1. The Morgan fingerprint density at radius 3 is 2.56 bits per heavy atom. The summed E-state index contributed by atoms with van der Waals surface area (Å²) in [4.78, 5) is 14.1. The Balaban J connectivity index is 1.57. The van der Waals surface area contributed by atoms with Gasteiger partial charge in [0, 0.05) is 24.7 Å². The average molecular weight is 463 g/mol. The zero-order valence-corrected chi connectivity index (χ0v) is 19.7. The first-order valence-corrected chi connectivity index (χ1v) is 12.7. The molecule has 4 rings (SSSR count). The highest BCUT2D eigenvalue weighted by Gasteiger charge is 2.54. The van der Waals surface area contributed by atoms with Crippen LogP contribution in [0, 0.1) is 11.2 Å². The Hall–Kier alpha value is -2.19. The van der Waals surface area contributed by atoms with Gasteiger partial charge in [0.2, 0.25) is 10.0 Å². The predicted octanol–water partition coefficient (Wildman–Crippen LogP) is 4.77. The van der Waals surface area contributed by atoms with Crippen molar-refractivity contribution in [1.29, 1.82) is 0 Å². The molecule has 2 aliphatic heterocycles. The van der Waals surface area contributed by atoms with E-state index in [0.29, 0.717) is 43.6 Å². The number of hydrogen-bond acceptors (Lipinski definition) is 4. The molecule has 1 amide bonds. The SMILES string of the molecule is CCC(C)(C)C1(S(=O)(=O)N2CCC(N3C(=O)OCc4cc(F)ccc43)CC2)C=CC=CC1. The molecule has 1 aromatic rings. The summed E-state index contributed by atoms with van der Waals surface area (Å²) in [6.07, 6.45) is 9.22. The van der Waals surface area contributed by atoms with Gasteiger partial charge in [-0.1, -0.05) is 45.1 Å². The number of anilines is 1. The second kappa shape index (κ2) is 8.30. The molecule has 0 spiro atoms. The second-order valence-electron chi connectivity index (χ2n) is 9.45. The van der Waals surface area contributed by atoms with Gasteiger partial charge in [0.05, 0.1) is 5.69 Å². The Labute approximate surface area is 189 Å². The van der Waals surface area contributed by atoms with Crippen molar-refractivity contribution >= 4 is 21.8 Å². The Kier molecular flexibility index (Phi) is 5.96. The molecule has 2 heterocycles. The van der Waals surface area contributed by atoms with E-state index in [0.717, 1.165) is 6.42 Å². The minimum atomic E-state index is -3.64. The predicted molar refractivity (Wildman–Crippen MR) is 122 cm³/mol. The van der Waals surface area contributed by atoms with E-state index in [9.17, 15) is 17.6 Å². The summed E-state index contributed by atoms with van der Waals surface area (Å²) in [7, 11) is -3.64. The lowest BCUT2D eigenvalue weighted by atomic mass is 9.73. The van der Waals surface area contributed by atoms with E-state index < -0.39 is 26.3 Å². The van der Waals surface area contributed by atoms with E-state index in [1.807, 2.05) is 45.1 Å². The number of nitrogens with zero attached hydrogens (tertiary/aromatic N) is 2. The van der Waals surface area contributed by atoms with Gasteiger partial charge in [0.15, 0.2) is 0 Å². The highest BCUT2D eigenvalue weighted by molar-refractivity contribution is 7.90. The lowest BCUT2D eigenvalue weighted by Crippen LogP contribution is -2.58. The molecule has 1 unspecified atom stereocenters. The number of rotatable bonds is 5. The van der Waals surface area contributed by atoms with Gasteiger partial charge in [-0.2, -0.15) is 0 Å². The highest BCUT2D eigenvalue weighted by Crippen LogP contribution is 2.47. The number of fused-ring (bicyclic) bond motifs is 1. The maximum absolute atomic E-state index is 13.9. The molecule has 0 bridgehead atoms. The van der Waals surface area contributed by atoms with Crippen LogP contribution in [0.25, 0.3) is 0 Å². The standard InChI is InChI=1S/C24H31FN2O4S/c1-4-23(2,3)24(12-6-5-7-13-24)32(29,30)26-14-10-20(11-15-26)27-21-9-8-19(25)16-18(21)17-31-22(27)28/h5-9,12,16,20H,4,10-11,13-15,17H2,1-3H3. The summed E-state index contributed by atoms with van der Waals surface area (Å²) in [5.74, 6) is -0.374. The maximum atomic E-state index is 13.9. The van der Waals surface area contributed by atoms with E-state index in [1.165, 1.54) is 12.1 Å². The molecule has 1 fully saturated rings.